The van der Waals surface area contributed by atoms with Gasteiger partial charge in [0.2, 0.25) is 0 Å². The van der Waals surface area contributed by atoms with Gasteiger partial charge in [0, 0.05) is 10.9 Å². The molecule has 0 bridgehead atoms. The van der Waals surface area contributed by atoms with Crippen LogP contribution in [0.3, 0.4) is 0 Å². The van der Waals surface area contributed by atoms with Crippen LogP contribution in [0.5, 0.6) is 5.75 Å². The van der Waals surface area contributed by atoms with E-state index in [-0.39, 0.29) is 0 Å². The fourth-order valence-electron chi connectivity index (χ4n) is 1.03. The third-order valence-corrected chi connectivity index (χ3v) is 2.16. The van der Waals surface area contributed by atoms with E-state index in [1.807, 2.05) is 0 Å². The smallest absolute Gasteiger partial charge is 0.355 e. The first-order valence-corrected chi connectivity index (χ1v) is 5.36. The molecule has 0 aliphatic heterocycles. The topological polar surface area (TPSA) is 72.6 Å². The Hall–Kier alpha value is -1.75. The van der Waals surface area contributed by atoms with Gasteiger partial charge in [-0.05, 0) is 24.3 Å². The van der Waals surface area contributed by atoms with Crippen LogP contribution in [-0.2, 0) is 4.79 Å². The summed E-state index contributed by atoms with van der Waals surface area (Å²) in [5.74, 6) is -0.593. The molecule has 0 atom stereocenters. The van der Waals surface area contributed by atoms with Gasteiger partial charge in [-0.3, -0.25) is 4.79 Å². The quantitative estimate of drug-likeness (QED) is 0.843. The maximum absolute atomic E-state index is 11.6. The molecule has 0 aliphatic rings. The van der Waals surface area contributed by atoms with Crippen molar-refractivity contribution in [1.82, 2.24) is 5.06 Å². The number of nitrogens with zero attached hydrogens (tertiary/aromatic N) is 1. The van der Waals surface area contributed by atoms with Crippen molar-refractivity contribution in [3.05, 3.63) is 29.3 Å². The Labute approximate surface area is 104 Å². The number of carbonyl (C=O) groups is 2. The molecule has 3 amide bonds. The number of primary amides is 1. The van der Waals surface area contributed by atoms with E-state index in [2.05, 4.69) is 0 Å². The molecular weight excluding hydrogens is 244 g/mol. The average Bonchev–Trinajstić information content (AvgIpc) is 2.26. The van der Waals surface area contributed by atoms with Gasteiger partial charge in [-0.25, -0.2) is 4.79 Å². The number of carbonyl (C=O) groups excluding carboxylic acids is 2. The zero-order chi connectivity index (χ0) is 13.0. The van der Waals surface area contributed by atoms with Crippen molar-refractivity contribution in [2.24, 2.45) is 11.7 Å². The Morgan fingerprint density at radius 2 is 1.82 bits per heavy atom. The van der Waals surface area contributed by atoms with Gasteiger partial charge < -0.3 is 10.6 Å². The first-order valence-electron chi connectivity index (χ1n) is 4.98. The van der Waals surface area contributed by atoms with Crippen molar-refractivity contribution in [2.75, 3.05) is 0 Å². The second kappa shape index (κ2) is 5.54. The van der Waals surface area contributed by atoms with E-state index in [1.165, 1.54) is 12.1 Å². The molecule has 0 saturated heterocycles. The maximum Gasteiger partial charge on any atom is 0.355 e. The highest BCUT2D eigenvalue weighted by Gasteiger charge is 2.24. The Morgan fingerprint density at radius 3 is 2.24 bits per heavy atom. The normalized spacial score (nSPS) is 10.1. The van der Waals surface area contributed by atoms with Gasteiger partial charge in [0.15, 0.2) is 5.75 Å². The molecule has 1 aromatic rings. The van der Waals surface area contributed by atoms with E-state index in [9.17, 15) is 9.59 Å². The molecular formula is C11H13ClN2O3. The van der Waals surface area contributed by atoms with Crippen molar-refractivity contribution in [3.8, 4) is 5.75 Å². The van der Waals surface area contributed by atoms with E-state index in [1.54, 1.807) is 26.0 Å². The summed E-state index contributed by atoms with van der Waals surface area (Å²) in [6, 6.07) is 5.27. The van der Waals surface area contributed by atoms with Gasteiger partial charge in [-0.2, -0.15) is 0 Å². The lowest BCUT2D eigenvalue weighted by atomic mass is 10.2. The summed E-state index contributed by atoms with van der Waals surface area (Å²) in [7, 11) is 0. The molecule has 92 valence electrons. The number of urea groups is 1. The summed E-state index contributed by atoms with van der Waals surface area (Å²) < 4.78 is 0. The molecule has 5 nitrogen and oxygen atoms in total. The van der Waals surface area contributed by atoms with E-state index in [0.717, 1.165) is 0 Å². The number of amides is 3. The van der Waals surface area contributed by atoms with Crippen LogP contribution in [0.25, 0.3) is 0 Å². The summed E-state index contributed by atoms with van der Waals surface area (Å²) in [5, 5.41) is 1.06. The monoisotopic (exact) mass is 256 g/mol. The predicted molar refractivity (Wildman–Crippen MR) is 63.3 cm³/mol. The number of benzene rings is 1. The van der Waals surface area contributed by atoms with Crippen LogP contribution in [-0.4, -0.2) is 17.0 Å². The van der Waals surface area contributed by atoms with Crippen molar-refractivity contribution < 1.29 is 14.4 Å². The molecule has 0 radical (unpaired) electrons. The van der Waals surface area contributed by atoms with Gasteiger partial charge >= 0.3 is 6.03 Å². The molecule has 1 rings (SSSR count). The summed E-state index contributed by atoms with van der Waals surface area (Å²) in [5.41, 5.74) is 5.07. The Balaban J connectivity index is 2.84. The minimum Gasteiger partial charge on any atom is -0.368 e. The van der Waals surface area contributed by atoms with Crippen LogP contribution in [0.2, 0.25) is 5.02 Å². The molecule has 0 saturated carbocycles. The summed E-state index contributed by atoms with van der Waals surface area (Å²) in [6.07, 6.45) is 0. The van der Waals surface area contributed by atoms with Crippen LogP contribution < -0.4 is 10.6 Å². The van der Waals surface area contributed by atoms with Crippen LogP contribution in [0.15, 0.2) is 24.3 Å². The van der Waals surface area contributed by atoms with Gasteiger partial charge in [-0.1, -0.05) is 30.5 Å². The zero-order valence-electron chi connectivity index (χ0n) is 9.51. The SMILES string of the molecule is CC(C)C(=O)N(Oc1ccc(Cl)cc1)C(N)=O. The number of imide groups is 1. The van der Waals surface area contributed by atoms with Crippen molar-refractivity contribution in [1.29, 1.82) is 0 Å². The number of nitrogens with two attached hydrogens (primary N) is 1. The predicted octanol–water partition coefficient (Wildman–Crippen LogP) is 2.20. The van der Waals surface area contributed by atoms with Gasteiger partial charge in [0.05, 0.1) is 0 Å². The first kappa shape index (κ1) is 13.3. The number of hydrogen-bond acceptors (Lipinski definition) is 3. The largest absolute Gasteiger partial charge is 0.368 e. The Kier molecular flexibility index (Phi) is 4.34. The Bertz CT molecular complexity index is 417. The molecule has 0 fully saturated rings. The highest BCUT2D eigenvalue weighted by Crippen LogP contribution is 2.17. The minimum atomic E-state index is -0.960. The highest BCUT2D eigenvalue weighted by molar-refractivity contribution is 6.30. The third-order valence-electron chi connectivity index (χ3n) is 1.90. The number of hydroxylamine groups is 2. The van der Waals surface area contributed by atoms with E-state index < -0.39 is 17.9 Å². The lowest BCUT2D eigenvalue weighted by Crippen LogP contribution is -2.45. The fraction of sp³-hybridized carbons (Fsp3) is 0.273. The summed E-state index contributed by atoms with van der Waals surface area (Å²) >= 11 is 5.70. The zero-order valence-corrected chi connectivity index (χ0v) is 10.3. The van der Waals surface area contributed by atoms with Crippen molar-refractivity contribution in [2.45, 2.75) is 13.8 Å². The molecule has 0 unspecified atom stereocenters. The van der Waals surface area contributed by atoms with Crippen LogP contribution in [0.4, 0.5) is 4.79 Å². The van der Waals surface area contributed by atoms with Gasteiger partial charge in [0.25, 0.3) is 5.91 Å². The fourth-order valence-corrected chi connectivity index (χ4v) is 1.16. The number of hydrogen-bond donors (Lipinski definition) is 1. The molecule has 6 heteroatoms. The second-order valence-corrected chi connectivity index (χ2v) is 4.11. The lowest BCUT2D eigenvalue weighted by Gasteiger charge is -2.19. The third kappa shape index (κ3) is 3.64. The van der Waals surface area contributed by atoms with Crippen molar-refractivity contribution in [3.63, 3.8) is 0 Å². The van der Waals surface area contributed by atoms with Gasteiger partial charge in [-0.15, -0.1) is 0 Å². The number of halogens is 1. The molecule has 2 N–H and O–H groups in total. The Morgan fingerprint density at radius 1 is 1.29 bits per heavy atom. The van der Waals surface area contributed by atoms with E-state index >= 15 is 0 Å². The van der Waals surface area contributed by atoms with Crippen molar-refractivity contribution >= 4 is 23.5 Å². The molecule has 0 heterocycles. The highest BCUT2D eigenvalue weighted by atomic mass is 35.5. The second-order valence-electron chi connectivity index (χ2n) is 3.67. The minimum absolute atomic E-state index is 0.308. The average molecular weight is 257 g/mol. The summed E-state index contributed by atoms with van der Waals surface area (Å²) in [6.45, 7) is 3.28. The molecule has 0 spiro atoms. The van der Waals surface area contributed by atoms with E-state index in [4.69, 9.17) is 22.2 Å². The molecule has 0 aliphatic carbocycles. The lowest BCUT2D eigenvalue weighted by molar-refractivity contribution is -0.150. The molecule has 0 aromatic heterocycles. The molecule has 17 heavy (non-hydrogen) atoms. The van der Waals surface area contributed by atoms with Gasteiger partial charge in [0.1, 0.15) is 0 Å². The van der Waals surface area contributed by atoms with Crippen LogP contribution in [0, 0.1) is 5.92 Å². The van der Waals surface area contributed by atoms with Crippen LogP contribution >= 0.6 is 11.6 Å². The summed E-state index contributed by atoms with van der Waals surface area (Å²) in [4.78, 5) is 27.8. The number of rotatable bonds is 3. The van der Waals surface area contributed by atoms with E-state index in [0.29, 0.717) is 15.8 Å². The first-order chi connectivity index (χ1) is 7.91. The molecule has 1 aromatic carbocycles. The van der Waals surface area contributed by atoms with Crippen LogP contribution in [0.1, 0.15) is 13.8 Å². The maximum atomic E-state index is 11.6. The standard InChI is InChI=1S/C11H13ClN2O3/c1-7(2)10(15)14(11(13)16)17-9-5-3-8(12)4-6-9/h3-7H,1-2H3,(H2,13,16).